The molecule has 3 rings (SSSR count). The smallest absolute Gasteiger partial charge is 0.239 e. The third kappa shape index (κ3) is 2.96. The van der Waals surface area contributed by atoms with Crippen molar-refractivity contribution < 1.29 is 4.74 Å². The monoisotopic (exact) mass is 259 g/mol. The van der Waals surface area contributed by atoms with Crippen molar-refractivity contribution in [2.24, 2.45) is 13.0 Å². The largest absolute Gasteiger partial charge is 0.476 e. The van der Waals surface area contributed by atoms with Gasteiger partial charge in [0.1, 0.15) is 5.82 Å². The van der Waals surface area contributed by atoms with Crippen LogP contribution in [0.2, 0.25) is 0 Å². The topological polar surface area (TPSA) is 78.0 Å². The summed E-state index contributed by atoms with van der Waals surface area (Å²) in [6.45, 7) is 0.699. The molecule has 3 N–H and O–H groups in total. The van der Waals surface area contributed by atoms with E-state index in [-0.39, 0.29) is 0 Å². The summed E-state index contributed by atoms with van der Waals surface area (Å²) in [4.78, 5) is 4.37. The van der Waals surface area contributed by atoms with Crippen LogP contribution < -0.4 is 15.8 Å². The van der Waals surface area contributed by atoms with Gasteiger partial charge < -0.3 is 15.8 Å². The average Bonchev–Trinajstić information content (AvgIpc) is 3.13. The van der Waals surface area contributed by atoms with Crippen LogP contribution in [-0.2, 0) is 7.05 Å². The Labute approximate surface area is 111 Å². The van der Waals surface area contributed by atoms with E-state index < -0.39 is 0 Å². The van der Waals surface area contributed by atoms with E-state index in [0.717, 1.165) is 5.82 Å². The molecule has 6 heteroatoms. The Morgan fingerprint density at radius 3 is 2.89 bits per heavy atom. The molecule has 0 unspecified atom stereocenters. The molecular weight excluding hydrogens is 242 g/mol. The molecule has 2 heterocycles. The van der Waals surface area contributed by atoms with Gasteiger partial charge in [-0.05, 0) is 30.9 Å². The number of ether oxygens (including phenoxy) is 1. The summed E-state index contributed by atoms with van der Waals surface area (Å²) in [6, 6.07) is 5.48. The predicted molar refractivity (Wildman–Crippen MR) is 73.4 cm³/mol. The number of nitrogens with zero attached hydrogens (tertiary/aromatic N) is 3. The molecule has 0 bridgehead atoms. The zero-order valence-electron chi connectivity index (χ0n) is 10.8. The molecule has 0 spiro atoms. The molecule has 0 radical (unpaired) electrons. The Hall–Kier alpha value is -2.24. The fraction of sp³-hybridized carbons (Fsp3) is 0.385. The summed E-state index contributed by atoms with van der Waals surface area (Å²) >= 11 is 0. The van der Waals surface area contributed by atoms with Crippen molar-refractivity contribution in [2.45, 2.75) is 12.8 Å². The predicted octanol–water partition coefficient (Wildman–Crippen LogP) is 1.93. The van der Waals surface area contributed by atoms with Gasteiger partial charge in [0.15, 0.2) is 5.82 Å². The lowest BCUT2D eigenvalue weighted by Crippen LogP contribution is -2.05. The molecule has 0 aromatic carbocycles. The minimum absolute atomic E-state index is 0.493. The van der Waals surface area contributed by atoms with Crippen molar-refractivity contribution in [3.05, 3.63) is 24.4 Å². The van der Waals surface area contributed by atoms with Gasteiger partial charge in [0.2, 0.25) is 5.88 Å². The number of hydrogen-bond acceptors (Lipinski definition) is 5. The van der Waals surface area contributed by atoms with Gasteiger partial charge in [-0.25, -0.2) is 0 Å². The van der Waals surface area contributed by atoms with E-state index in [9.17, 15) is 0 Å². The van der Waals surface area contributed by atoms with Crippen LogP contribution in [0.1, 0.15) is 12.8 Å². The molecule has 0 amide bonds. The molecular formula is C13H17N5O. The van der Waals surface area contributed by atoms with Gasteiger partial charge in [0.25, 0.3) is 0 Å². The minimum Gasteiger partial charge on any atom is -0.476 e. The number of rotatable bonds is 5. The molecule has 2 aromatic rings. The first kappa shape index (κ1) is 11.8. The molecule has 2 aromatic heterocycles. The Morgan fingerprint density at radius 2 is 2.21 bits per heavy atom. The second kappa shape index (κ2) is 4.79. The molecule has 0 saturated heterocycles. The number of nitrogen functional groups attached to an aromatic ring is 1. The second-order valence-electron chi connectivity index (χ2n) is 4.84. The molecule has 1 aliphatic carbocycles. The van der Waals surface area contributed by atoms with Crippen LogP contribution in [0.3, 0.4) is 0 Å². The SMILES string of the molecule is Cn1ccc(Nc2ccc(N)c(OCC3CC3)n2)n1. The number of nitrogens with two attached hydrogens (primary N) is 1. The van der Waals surface area contributed by atoms with Crippen LogP contribution in [0, 0.1) is 5.92 Å². The van der Waals surface area contributed by atoms with Crippen molar-refractivity contribution in [1.29, 1.82) is 0 Å². The average molecular weight is 259 g/mol. The molecule has 6 nitrogen and oxygen atoms in total. The lowest BCUT2D eigenvalue weighted by molar-refractivity contribution is 0.290. The zero-order chi connectivity index (χ0) is 13.2. The highest BCUT2D eigenvalue weighted by atomic mass is 16.5. The third-order valence-corrected chi connectivity index (χ3v) is 3.01. The Bertz CT molecular complexity index is 576. The number of nitrogens with one attached hydrogen (secondary N) is 1. The maximum Gasteiger partial charge on any atom is 0.239 e. The van der Waals surface area contributed by atoms with Crippen LogP contribution >= 0.6 is 0 Å². The van der Waals surface area contributed by atoms with Crippen LogP contribution in [-0.4, -0.2) is 21.4 Å². The fourth-order valence-electron chi connectivity index (χ4n) is 1.73. The Morgan fingerprint density at radius 1 is 1.37 bits per heavy atom. The van der Waals surface area contributed by atoms with Gasteiger partial charge in [-0.3, -0.25) is 4.68 Å². The quantitative estimate of drug-likeness (QED) is 0.857. The van der Waals surface area contributed by atoms with Gasteiger partial charge in [0, 0.05) is 19.3 Å². The summed E-state index contributed by atoms with van der Waals surface area (Å²) < 4.78 is 7.37. The third-order valence-electron chi connectivity index (χ3n) is 3.01. The number of hydrogen-bond donors (Lipinski definition) is 2. The Balaban J connectivity index is 1.72. The second-order valence-corrected chi connectivity index (χ2v) is 4.84. The molecule has 100 valence electrons. The molecule has 19 heavy (non-hydrogen) atoms. The van der Waals surface area contributed by atoms with Crippen LogP contribution in [0.25, 0.3) is 0 Å². The van der Waals surface area contributed by atoms with Gasteiger partial charge in [-0.2, -0.15) is 10.1 Å². The van der Waals surface area contributed by atoms with Crippen LogP contribution in [0.5, 0.6) is 5.88 Å². The van der Waals surface area contributed by atoms with Crippen LogP contribution in [0.15, 0.2) is 24.4 Å². The summed E-state index contributed by atoms with van der Waals surface area (Å²) in [7, 11) is 1.87. The maximum atomic E-state index is 5.86. The minimum atomic E-state index is 0.493. The van der Waals surface area contributed by atoms with Crippen LogP contribution in [0.4, 0.5) is 17.3 Å². The van der Waals surface area contributed by atoms with Crippen molar-refractivity contribution >= 4 is 17.3 Å². The normalized spacial score (nSPS) is 14.4. The highest BCUT2D eigenvalue weighted by Gasteiger charge is 2.22. The summed E-state index contributed by atoms with van der Waals surface area (Å²) in [5.74, 6) is 2.59. The molecule has 1 aliphatic rings. The molecule has 0 atom stereocenters. The Kier molecular flexibility index (Phi) is 2.98. The first-order valence-corrected chi connectivity index (χ1v) is 6.37. The summed E-state index contributed by atoms with van der Waals surface area (Å²) in [5, 5.41) is 7.35. The van der Waals surface area contributed by atoms with E-state index in [2.05, 4.69) is 15.4 Å². The van der Waals surface area contributed by atoms with Crippen molar-refractivity contribution in [3.8, 4) is 5.88 Å². The molecule has 1 fully saturated rings. The number of aryl methyl sites for hydroxylation is 1. The number of pyridine rings is 1. The number of aromatic nitrogens is 3. The summed E-state index contributed by atoms with van der Waals surface area (Å²) in [5.41, 5.74) is 6.42. The maximum absolute atomic E-state index is 5.86. The lowest BCUT2D eigenvalue weighted by atomic mass is 10.4. The van der Waals surface area contributed by atoms with Gasteiger partial charge in [-0.15, -0.1) is 0 Å². The molecule has 1 saturated carbocycles. The standard InChI is InChI=1S/C13H17N5O/c1-18-7-6-12(17-18)15-11-5-4-10(14)13(16-11)19-8-9-2-3-9/h4-7,9H,2-3,8,14H2,1H3,(H,15,16,17). The fourth-order valence-corrected chi connectivity index (χ4v) is 1.73. The first-order chi connectivity index (χ1) is 9.20. The number of anilines is 3. The van der Waals surface area contributed by atoms with E-state index in [1.165, 1.54) is 12.8 Å². The van der Waals surface area contributed by atoms with Gasteiger partial charge in [0.05, 0.1) is 12.3 Å². The zero-order valence-corrected chi connectivity index (χ0v) is 10.8. The van der Waals surface area contributed by atoms with Crippen molar-refractivity contribution in [3.63, 3.8) is 0 Å². The lowest BCUT2D eigenvalue weighted by Gasteiger charge is -2.09. The van der Waals surface area contributed by atoms with E-state index >= 15 is 0 Å². The van der Waals surface area contributed by atoms with Crippen molar-refractivity contribution in [2.75, 3.05) is 17.7 Å². The summed E-state index contributed by atoms with van der Waals surface area (Å²) in [6.07, 6.45) is 4.35. The van der Waals surface area contributed by atoms with E-state index in [4.69, 9.17) is 10.5 Å². The van der Waals surface area contributed by atoms with Gasteiger partial charge >= 0.3 is 0 Å². The first-order valence-electron chi connectivity index (χ1n) is 6.37. The highest BCUT2D eigenvalue weighted by Crippen LogP contribution is 2.30. The van der Waals surface area contributed by atoms with E-state index in [0.29, 0.717) is 29.9 Å². The van der Waals surface area contributed by atoms with E-state index in [1.807, 2.05) is 25.4 Å². The van der Waals surface area contributed by atoms with E-state index in [1.54, 1.807) is 10.7 Å². The van der Waals surface area contributed by atoms with Gasteiger partial charge in [-0.1, -0.05) is 0 Å². The highest BCUT2D eigenvalue weighted by molar-refractivity contribution is 5.58. The van der Waals surface area contributed by atoms with Crippen molar-refractivity contribution in [1.82, 2.24) is 14.8 Å². The molecule has 0 aliphatic heterocycles.